The number of benzene rings is 2. The third-order valence-electron chi connectivity index (χ3n) is 3.46. The smallest absolute Gasteiger partial charge is 0.340 e. The van der Waals surface area contributed by atoms with Crippen LogP contribution < -0.4 is 10.6 Å². The summed E-state index contributed by atoms with van der Waals surface area (Å²) in [4.78, 5) is 35.4. The molecule has 136 valence electrons. The lowest BCUT2D eigenvalue weighted by Crippen LogP contribution is -2.23. The fourth-order valence-electron chi connectivity index (χ4n) is 2.20. The lowest BCUT2D eigenvalue weighted by Gasteiger charge is -2.11. The van der Waals surface area contributed by atoms with E-state index in [2.05, 4.69) is 15.4 Å². The summed E-state index contributed by atoms with van der Waals surface area (Å²) < 4.78 is 9.60. The molecule has 1 amide bonds. The Morgan fingerprint density at radius 2 is 1.65 bits per heavy atom. The third kappa shape index (κ3) is 5.07. The lowest BCUT2D eigenvalue weighted by atomic mass is 10.2. The predicted molar refractivity (Wildman–Crippen MR) is 97.3 cm³/mol. The Kier molecular flexibility index (Phi) is 6.73. The highest BCUT2D eigenvalue weighted by atomic mass is 16.5. The van der Waals surface area contributed by atoms with Crippen LogP contribution in [0.2, 0.25) is 0 Å². The molecule has 0 radical (unpaired) electrons. The number of hydrogen-bond donors (Lipinski definition) is 2. The highest BCUT2D eigenvalue weighted by Gasteiger charge is 2.13. The van der Waals surface area contributed by atoms with Crippen molar-refractivity contribution in [1.82, 2.24) is 0 Å². The molecule has 0 aromatic heterocycles. The highest BCUT2D eigenvalue weighted by Crippen LogP contribution is 2.16. The van der Waals surface area contributed by atoms with Gasteiger partial charge in [0.2, 0.25) is 5.91 Å². The minimum absolute atomic E-state index is 0.00523. The van der Waals surface area contributed by atoms with Crippen molar-refractivity contribution in [3.63, 3.8) is 0 Å². The van der Waals surface area contributed by atoms with Crippen LogP contribution >= 0.6 is 0 Å². The number of carbonyl (C=O) groups is 3. The van der Waals surface area contributed by atoms with Gasteiger partial charge in [-0.3, -0.25) is 4.79 Å². The van der Waals surface area contributed by atoms with Crippen molar-refractivity contribution < 1.29 is 23.9 Å². The monoisotopic (exact) mass is 356 g/mol. The Hall–Kier alpha value is -3.35. The molecule has 26 heavy (non-hydrogen) atoms. The average Bonchev–Trinajstić information content (AvgIpc) is 2.66. The number of hydrogen-bond acceptors (Lipinski definition) is 6. The Balaban J connectivity index is 1.95. The summed E-state index contributed by atoms with van der Waals surface area (Å²) in [5, 5.41) is 5.62. The molecular formula is C19H20N2O5. The standard InChI is InChI=1S/C19H20N2O5/c1-3-26-19(24)15-6-4-5-7-16(15)21-17(22)12-20-14-10-8-13(9-11-14)18(23)25-2/h4-11,20H,3,12H2,1-2H3,(H,21,22). The average molecular weight is 356 g/mol. The van der Waals surface area contributed by atoms with Crippen LogP contribution in [0.1, 0.15) is 27.6 Å². The zero-order valence-electron chi connectivity index (χ0n) is 14.6. The Morgan fingerprint density at radius 1 is 0.962 bits per heavy atom. The first-order valence-electron chi connectivity index (χ1n) is 8.03. The molecule has 0 fully saturated rings. The van der Waals surface area contributed by atoms with E-state index >= 15 is 0 Å². The van der Waals surface area contributed by atoms with Crippen LogP contribution in [0.4, 0.5) is 11.4 Å². The minimum Gasteiger partial charge on any atom is -0.465 e. The highest BCUT2D eigenvalue weighted by molar-refractivity contribution is 6.02. The fourth-order valence-corrected chi connectivity index (χ4v) is 2.20. The summed E-state index contributed by atoms with van der Waals surface area (Å²) in [6.45, 7) is 1.97. The van der Waals surface area contributed by atoms with E-state index in [1.807, 2.05) is 0 Å². The maximum atomic E-state index is 12.1. The van der Waals surface area contributed by atoms with Crippen molar-refractivity contribution in [3.8, 4) is 0 Å². The fraction of sp³-hybridized carbons (Fsp3) is 0.211. The van der Waals surface area contributed by atoms with Crippen molar-refractivity contribution in [3.05, 3.63) is 59.7 Å². The maximum Gasteiger partial charge on any atom is 0.340 e. The lowest BCUT2D eigenvalue weighted by molar-refractivity contribution is -0.114. The number of amides is 1. The molecule has 2 aromatic rings. The number of nitrogens with one attached hydrogen (secondary N) is 2. The Labute approximate surface area is 151 Å². The number of para-hydroxylation sites is 1. The zero-order chi connectivity index (χ0) is 18.9. The zero-order valence-corrected chi connectivity index (χ0v) is 14.6. The molecule has 0 bridgehead atoms. The molecule has 2 rings (SSSR count). The van der Waals surface area contributed by atoms with E-state index in [9.17, 15) is 14.4 Å². The number of esters is 2. The molecule has 0 spiro atoms. The molecule has 0 unspecified atom stereocenters. The van der Waals surface area contributed by atoms with Gasteiger partial charge in [0.25, 0.3) is 0 Å². The molecule has 2 aromatic carbocycles. The number of methoxy groups -OCH3 is 1. The summed E-state index contributed by atoms with van der Waals surface area (Å²) in [5.41, 5.74) is 1.78. The first-order chi connectivity index (χ1) is 12.5. The van der Waals surface area contributed by atoms with Gasteiger partial charge in [-0.2, -0.15) is 0 Å². The molecule has 0 saturated heterocycles. The Morgan fingerprint density at radius 3 is 2.31 bits per heavy atom. The topological polar surface area (TPSA) is 93.7 Å². The van der Waals surface area contributed by atoms with Crippen molar-refractivity contribution in [2.45, 2.75) is 6.92 Å². The van der Waals surface area contributed by atoms with Crippen LogP contribution in [0, 0.1) is 0 Å². The van der Waals surface area contributed by atoms with Crippen LogP contribution in [0.25, 0.3) is 0 Å². The molecule has 0 aliphatic rings. The van der Waals surface area contributed by atoms with Crippen LogP contribution in [0.5, 0.6) is 0 Å². The third-order valence-corrected chi connectivity index (χ3v) is 3.46. The van der Waals surface area contributed by atoms with Gasteiger partial charge in [0.1, 0.15) is 0 Å². The molecule has 0 aliphatic carbocycles. The van der Waals surface area contributed by atoms with Gasteiger partial charge in [0, 0.05) is 5.69 Å². The van der Waals surface area contributed by atoms with Gasteiger partial charge in [0.05, 0.1) is 37.1 Å². The summed E-state index contributed by atoms with van der Waals surface area (Å²) in [6.07, 6.45) is 0. The van der Waals surface area contributed by atoms with Crippen LogP contribution in [0.3, 0.4) is 0 Å². The molecule has 2 N–H and O–H groups in total. The van der Waals surface area contributed by atoms with Crippen LogP contribution in [-0.4, -0.2) is 38.1 Å². The molecular weight excluding hydrogens is 336 g/mol. The first kappa shape index (κ1) is 19.0. The van der Waals surface area contributed by atoms with Gasteiger partial charge < -0.3 is 20.1 Å². The summed E-state index contributed by atoms with van der Waals surface area (Å²) >= 11 is 0. The van der Waals surface area contributed by atoms with Crippen molar-refractivity contribution in [2.24, 2.45) is 0 Å². The number of carbonyl (C=O) groups excluding carboxylic acids is 3. The van der Waals surface area contributed by atoms with E-state index in [1.165, 1.54) is 7.11 Å². The molecule has 7 nitrogen and oxygen atoms in total. The number of ether oxygens (including phenoxy) is 2. The summed E-state index contributed by atoms with van der Waals surface area (Å²) in [5.74, 6) is -1.24. The molecule has 0 atom stereocenters. The van der Waals surface area contributed by atoms with Gasteiger partial charge in [-0.15, -0.1) is 0 Å². The van der Waals surface area contributed by atoms with Gasteiger partial charge in [0.15, 0.2) is 0 Å². The Bertz CT molecular complexity index is 787. The van der Waals surface area contributed by atoms with Gasteiger partial charge in [-0.25, -0.2) is 9.59 Å². The second kappa shape index (κ2) is 9.22. The van der Waals surface area contributed by atoms with E-state index in [4.69, 9.17) is 4.74 Å². The predicted octanol–water partition coefficient (Wildman–Crippen LogP) is 2.70. The van der Waals surface area contributed by atoms with Gasteiger partial charge in [-0.05, 0) is 43.3 Å². The minimum atomic E-state index is -0.491. The summed E-state index contributed by atoms with van der Waals surface area (Å²) in [7, 11) is 1.31. The number of anilines is 2. The van der Waals surface area contributed by atoms with Gasteiger partial charge >= 0.3 is 11.9 Å². The van der Waals surface area contributed by atoms with E-state index < -0.39 is 11.9 Å². The van der Waals surface area contributed by atoms with Crippen molar-refractivity contribution >= 4 is 29.2 Å². The summed E-state index contributed by atoms with van der Waals surface area (Å²) in [6, 6.07) is 13.2. The number of rotatable bonds is 7. The van der Waals surface area contributed by atoms with Crippen LogP contribution in [0.15, 0.2) is 48.5 Å². The normalized spacial score (nSPS) is 9.92. The maximum absolute atomic E-state index is 12.1. The first-order valence-corrected chi connectivity index (χ1v) is 8.03. The second-order valence-corrected chi connectivity index (χ2v) is 5.24. The SMILES string of the molecule is CCOC(=O)c1ccccc1NC(=O)CNc1ccc(C(=O)OC)cc1. The van der Waals surface area contributed by atoms with Crippen LogP contribution in [-0.2, 0) is 14.3 Å². The van der Waals surface area contributed by atoms with E-state index in [0.29, 0.717) is 22.5 Å². The largest absolute Gasteiger partial charge is 0.465 e. The molecule has 0 heterocycles. The molecule has 0 saturated carbocycles. The quantitative estimate of drug-likeness (QED) is 0.741. The molecule has 0 aliphatic heterocycles. The van der Waals surface area contributed by atoms with E-state index in [1.54, 1.807) is 55.5 Å². The molecule has 7 heteroatoms. The van der Waals surface area contributed by atoms with Gasteiger partial charge in [-0.1, -0.05) is 12.1 Å². The van der Waals surface area contributed by atoms with Crippen molar-refractivity contribution in [2.75, 3.05) is 30.9 Å². The second-order valence-electron chi connectivity index (χ2n) is 5.24. The van der Waals surface area contributed by atoms with E-state index in [0.717, 1.165) is 0 Å². The van der Waals surface area contributed by atoms with Crippen molar-refractivity contribution in [1.29, 1.82) is 0 Å². The van der Waals surface area contributed by atoms with E-state index in [-0.39, 0.29) is 19.1 Å².